The molecule has 0 amide bonds. The van der Waals surface area contributed by atoms with Gasteiger partial charge in [0.05, 0.1) is 9.52 Å². The molecule has 3 rings (SSSR count). The first-order valence-corrected chi connectivity index (χ1v) is 10.9. The van der Waals surface area contributed by atoms with Crippen LogP contribution in [0.4, 0.5) is 0 Å². The van der Waals surface area contributed by atoms with Crippen LogP contribution >= 0.6 is 0 Å². The largest absolute Gasteiger partial charge is 4.00 e. The molecule has 0 aliphatic heterocycles. The van der Waals surface area contributed by atoms with Gasteiger partial charge in [0.15, 0.2) is 0 Å². The van der Waals surface area contributed by atoms with E-state index in [1.165, 1.54) is 28.7 Å². The molecule has 0 aromatic heterocycles. The molecule has 29 heavy (non-hydrogen) atoms. The van der Waals surface area contributed by atoms with Gasteiger partial charge in [-0.2, -0.15) is 11.1 Å². The number of halogens is 3. The second kappa shape index (κ2) is 12.1. The molecule has 0 bridgehead atoms. The Balaban J connectivity index is 0. The predicted molar refractivity (Wildman–Crippen MR) is 113 cm³/mol. The van der Waals surface area contributed by atoms with E-state index in [0.717, 1.165) is 6.42 Å². The average molecular weight is 502 g/mol. The van der Waals surface area contributed by atoms with Crippen LogP contribution < -0.4 is 42.4 Å². The maximum absolute atomic E-state index is 3.99. The van der Waals surface area contributed by atoms with E-state index < -0.39 is 9.52 Å². The van der Waals surface area contributed by atoms with Gasteiger partial charge >= 0.3 is 21.7 Å². The first-order valence-electron chi connectivity index (χ1n) is 9.46. The Morgan fingerprint density at radius 1 is 0.966 bits per heavy atom. The molecule has 0 fully saturated rings. The van der Waals surface area contributed by atoms with Crippen molar-refractivity contribution >= 4 is 14.7 Å². The quantitative estimate of drug-likeness (QED) is 0.294. The standard InChI is InChI=1S/C24H31Si.3ClH.Ti/c1-17-11-10-12-18(2)22(17)25-24(15-19(3)20(4)21(24)5)16-23(6)13-8-7-9-14-23;;;;/h7-13H,14,16,25H2,1-6H3;3*1H;/q-1;;;;+4/p-3. The third-order valence-corrected chi connectivity index (χ3v) is 9.46. The maximum atomic E-state index is 3.99. The van der Waals surface area contributed by atoms with Crippen molar-refractivity contribution in [3.05, 3.63) is 76.4 Å². The van der Waals surface area contributed by atoms with Crippen molar-refractivity contribution < 1.29 is 58.9 Å². The van der Waals surface area contributed by atoms with Gasteiger partial charge in [0.25, 0.3) is 0 Å². The zero-order valence-corrected chi connectivity index (χ0v) is 23.5. The smallest absolute Gasteiger partial charge is 1.00 e. The topological polar surface area (TPSA) is 0 Å². The second-order valence-electron chi connectivity index (χ2n) is 8.45. The molecule has 1 aromatic carbocycles. The van der Waals surface area contributed by atoms with Crippen LogP contribution in [-0.4, -0.2) is 9.52 Å². The van der Waals surface area contributed by atoms with Crippen LogP contribution in [0.2, 0.25) is 5.04 Å². The number of rotatable bonds is 4. The molecule has 2 aliphatic carbocycles. The van der Waals surface area contributed by atoms with E-state index in [1.54, 1.807) is 10.8 Å². The molecule has 1 aromatic rings. The molecule has 2 aliphatic rings. The Bertz CT molecular complexity index is 805. The molecular formula is C24H31Cl3SiTi. The van der Waals surface area contributed by atoms with Gasteiger partial charge in [-0.1, -0.05) is 91.0 Å². The van der Waals surface area contributed by atoms with Crippen LogP contribution in [0.1, 0.15) is 51.7 Å². The van der Waals surface area contributed by atoms with Crippen molar-refractivity contribution in [1.29, 1.82) is 0 Å². The first kappa shape index (κ1) is 31.2. The van der Waals surface area contributed by atoms with Gasteiger partial charge in [-0.3, -0.25) is 6.08 Å². The van der Waals surface area contributed by atoms with Crippen molar-refractivity contribution in [1.82, 2.24) is 0 Å². The normalized spacial score (nSPS) is 25.1. The Morgan fingerprint density at radius 3 is 2.00 bits per heavy atom. The maximum Gasteiger partial charge on any atom is 4.00 e. The van der Waals surface area contributed by atoms with Crippen LogP contribution in [0.25, 0.3) is 0 Å². The van der Waals surface area contributed by atoms with E-state index >= 15 is 0 Å². The summed E-state index contributed by atoms with van der Waals surface area (Å²) in [5.41, 5.74) is 7.58. The molecule has 0 nitrogen and oxygen atoms in total. The minimum atomic E-state index is -0.541. The fourth-order valence-corrected chi connectivity index (χ4v) is 7.60. The van der Waals surface area contributed by atoms with Crippen LogP contribution in [0.5, 0.6) is 0 Å². The fourth-order valence-electron chi connectivity index (χ4n) is 4.62. The molecule has 0 saturated heterocycles. The monoisotopic (exact) mass is 500 g/mol. The van der Waals surface area contributed by atoms with Gasteiger partial charge in [0, 0.05) is 0 Å². The van der Waals surface area contributed by atoms with E-state index in [1.807, 2.05) is 0 Å². The van der Waals surface area contributed by atoms with Gasteiger partial charge in [0.1, 0.15) is 0 Å². The third kappa shape index (κ3) is 6.48. The summed E-state index contributed by atoms with van der Waals surface area (Å²) >= 11 is 0. The second-order valence-corrected chi connectivity index (χ2v) is 10.7. The molecule has 2 unspecified atom stereocenters. The summed E-state index contributed by atoms with van der Waals surface area (Å²) in [6, 6.07) is 6.76. The van der Waals surface area contributed by atoms with Crippen molar-refractivity contribution in [3.63, 3.8) is 0 Å². The van der Waals surface area contributed by atoms with E-state index in [2.05, 4.69) is 90.1 Å². The summed E-state index contributed by atoms with van der Waals surface area (Å²) in [6.45, 7) is 13.9. The summed E-state index contributed by atoms with van der Waals surface area (Å²) in [5, 5.41) is 1.78. The van der Waals surface area contributed by atoms with Crippen molar-refractivity contribution in [2.24, 2.45) is 5.41 Å². The van der Waals surface area contributed by atoms with E-state index in [0.29, 0.717) is 0 Å². The summed E-state index contributed by atoms with van der Waals surface area (Å²) in [6.07, 6.45) is 15.5. The minimum Gasteiger partial charge on any atom is -1.00 e. The minimum absolute atomic E-state index is 0. The Morgan fingerprint density at radius 2 is 1.55 bits per heavy atom. The zero-order valence-electron chi connectivity index (χ0n) is 18.3. The average Bonchev–Trinajstić information content (AvgIpc) is 2.76. The van der Waals surface area contributed by atoms with Crippen LogP contribution in [-0.2, 0) is 21.7 Å². The van der Waals surface area contributed by atoms with Gasteiger partial charge in [-0.25, -0.2) is 5.57 Å². The molecule has 5 heteroatoms. The van der Waals surface area contributed by atoms with Crippen LogP contribution in [0.15, 0.2) is 59.2 Å². The fraction of sp³-hybridized carbons (Fsp3) is 0.417. The van der Waals surface area contributed by atoms with Crippen molar-refractivity contribution in [3.8, 4) is 0 Å². The summed E-state index contributed by atoms with van der Waals surface area (Å²) in [5.74, 6) is 0. The van der Waals surface area contributed by atoms with Gasteiger partial charge in [-0.05, 0) is 25.7 Å². The number of benzene rings is 1. The first-order chi connectivity index (χ1) is 11.8. The van der Waals surface area contributed by atoms with Crippen LogP contribution in [0, 0.1) is 25.3 Å². The predicted octanol–water partition coefficient (Wildman–Crippen LogP) is -3.72. The van der Waals surface area contributed by atoms with Gasteiger partial charge in [-0.15, -0.1) is 6.92 Å². The summed E-state index contributed by atoms with van der Waals surface area (Å²) in [7, 11) is -0.541. The number of aryl methyl sites for hydroxylation is 2. The molecule has 0 spiro atoms. The molecule has 0 N–H and O–H groups in total. The molecule has 2 atom stereocenters. The third-order valence-electron chi connectivity index (χ3n) is 6.43. The van der Waals surface area contributed by atoms with Crippen LogP contribution in [0.3, 0.4) is 0 Å². The SMILES string of the molecule is CC1=[C-]C(CC2(C)C=CC=CC2)([SiH2]c2c(C)cccc2C)C(C)=C1C.[Cl-].[Cl-].[Cl-].[Ti+4]. The van der Waals surface area contributed by atoms with Crippen molar-refractivity contribution in [2.75, 3.05) is 0 Å². The number of hydrogen-bond acceptors (Lipinski definition) is 0. The van der Waals surface area contributed by atoms with E-state index in [-0.39, 0.29) is 69.4 Å². The van der Waals surface area contributed by atoms with E-state index in [9.17, 15) is 0 Å². The molecule has 0 heterocycles. The Labute approximate surface area is 213 Å². The zero-order chi connectivity index (χ0) is 18.2. The summed E-state index contributed by atoms with van der Waals surface area (Å²) in [4.78, 5) is 0. The van der Waals surface area contributed by atoms with E-state index in [4.69, 9.17) is 0 Å². The number of allylic oxidation sites excluding steroid dienone is 8. The Hall–Kier alpha value is -0.0188. The molecular weight excluding hydrogens is 471 g/mol. The molecule has 0 radical (unpaired) electrons. The van der Waals surface area contributed by atoms with Crippen molar-refractivity contribution in [2.45, 2.75) is 59.4 Å². The molecule has 156 valence electrons. The summed E-state index contributed by atoms with van der Waals surface area (Å²) < 4.78 is 0. The van der Waals surface area contributed by atoms with Gasteiger partial charge < -0.3 is 37.2 Å². The molecule has 0 saturated carbocycles. The number of hydrogen-bond donors (Lipinski definition) is 0. The Kier molecular flexibility index (Phi) is 13.0. The van der Waals surface area contributed by atoms with Gasteiger partial charge in [0.2, 0.25) is 0 Å².